The molecule has 1 aliphatic heterocycles. The van der Waals surface area contributed by atoms with Crippen LogP contribution < -0.4 is 15.0 Å². The maximum Gasteiger partial charge on any atom is 0.335 e. The first kappa shape index (κ1) is 21.6. The van der Waals surface area contributed by atoms with Crippen molar-refractivity contribution in [1.82, 2.24) is 5.32 Å². The van der Waals surface area contributed by atoms with Crippen LogP contribution in [0.4, 0.5) is 10.5 Å². The first-order valence-corrected chi connectivity index (χ1v) is 10.3. The molecular weight excluding hydrogens is 451 g/mol. The fourth-order valence-corrected chi connectivity index (χ4v) is 3.58. The molecule has 6 nitrogen and oxygen atoms in total. The van der Waals surface area contributed by atoms with Gasteiger partial charge in [0.25, 0.3) is 11.8 Å². The molecule has 1 aliphatic rings. The van der Waals surface area contributed by atoms with Gasteiger partial charge in [-0.15, -0.1) is 0 Å². The van der Waals surface area contributed by atoms with Gasteiger partial charge in [-0.1, -0.05) is 71.7 Å². The molecule has 4 rings (SSSR count). The van der Waals surface area contributed by atoms with Crippen LogP contribution >= 0.6 is 23.2 Å². The standard InChI is InChI=1S/C24H16Cl2N2O4/c25-18-9-3-1-8-16(18)14-32-21-12-6-2-7-15(21)13-17-22(29)27-24(31)28(23(17)30)20-11-5-4-10-19(20)26/h1-13H,14H2,(H,27,29,31)/b17-13+. The number of carbonyl (C=O) groups is 3. The minimum absolute atomic E-state index is 0.179. The zero-order valence-corrected chi connectivity index (χ0v) is 18.1. The normalized spacial score (nSPS) is 15.1. The van der Waals surface area contributed by atoms with E-state index in [1.807, 2.05) is 18.2 Å². The van der Waals surface area contributed by atoms with Gasteiger partial charge < -0.3 is 4.74 Å². The van der Waals surface area contributed by atoms with Gasteiger partial charge in [-0.25, -0.2) is 9.69 Å². The molecule has 0 spiro atoms. The monoisotopic (exact) mass is 466 g/mol. The van der Waals surface area contributed by atoms with Crippen molar-refractivity contribution in [1.29, 1.82) is 0 Å². The lowest BCUT2D eigenvalue weighted by molar-refractivity contribution is -0.122. The van der Waals surface area contributed by atoms with Crippen molar-refractivity contribution in [3.8, 4) is 5.75 Å². The lowest BCUT2D eigenvalue weighted by atomic mass is 10.1. The molecule has 32 heavy (non-hydrogen) atoms. The predicted octanol–water partition coefficient (Wildman–Crippen LogP) is 5.24. The smallest absolute Gasteiger partial charge is 0.335 e. The summed E-state index contributed by atoms with van der Waals surface area (Å²) >= 11 is 12.3. The van der Waals surface area contributed by atoms with Crippen molar-refractivity contribution < 1.29 is 19.1 Å². The summed E-state index contributed by atoms with van der Waals surface area (Å²) in [6.45, 7) is 0.199. The second-order valence-electron chi connectivity index (χ2n) is 6.83. The second kappa shape index (κ2) is 9.26. The van der Waals surface area contributed by atoms with Crippen LogP contribution in [-0.2, 0) is 16.2 Å². The zero-order chi connectivity index (χ0) is 22.7. The van der Waals surface area contributed by atoms with E-state index in [9.17, 15) is 14.4 Å². The molecule has 3 aromatic carbocycles. The largest absolute Gasteiger partial charge is 0.488 e. The van der Waals surface area contributed by atoms with Crippen LogP contribution in [-0.4, -0.2) is 17.8 Å². The van der Waals surface area contributed by atoms with Crippen molar-refractivity contribution in [2.24, 2.45) is 0 Å². The fraction of sp³-hybridized carbons (Fsp3) is 0.0417. The molecule has 160 valence electrons. The molecule has 0 aromatic heterocycles. The third-order valence-corrected chi connectivity index (χ3v) is 5.44. The van der Waals surface area contributed by atoms with Gasteiger partial charge in [0.1, 0.15) is 17.9 Å². The topological polar surface area (TPSA) is 75.7 Å². The lowest BCUT2D eigenvalue weighted by Crippen LogP contribution is -2.54. The van der Waals surface area contributed by atoms with E-state index in [2.05, 4.69) is 5.32 Å². The van der Waals surface area contributed by atoms with Crippen LogP contribution in [0.1, 0.15) is 11.1 Å². The highest BCUT2D eigenvalue weighted by Crippen LogP contribution is 2.30. The second-order valence-corrected chi connectivity index (χ2v) is 7.64. The van der Waals surface area contributed by atoms with Gasteiger partial charge in [-0.3, -0.25) is 14.9 Å². The van der Waals surface area contributed by atoms with Crippen LogP contribution in [0.15, 0.2) is 78.4 Å². The summed E-state index contributed by atoms with van der Waals surface area (Å²) in [4.78, 5) is 38.8. The molecule has 0 aliphatic carbocycles. The molecule has 1 N–H and O–H groups in total. The Labute approximate surface area is 194 Å². The maximum absolute atomic E-state index is 13.1. The number of para-hydroxylation sites is 2. The van der Waals surface area contributed by atoms with E-state index in [1.54, 1.807) is 48.5 Å². The molecule has 3 aromatic rings. The summed E-state index contributed by atoms with van der Waals surface area (Å²) < 4.78 is 5.89. The number of amides is 4. The van der Waals surface area contributed by atoms with Crippen LogP contribution in [0.2, 0.25) is 10.0 Å². The first-order chi connectivity index (χ1) is 15.5. The van der Waals surface area contributed by atoms with Crippen LogP contribution in [0, 0.1) is 0 Å². The fourth-order valence-electron chi connectivity index (χ4n) is 3.17. The molecule has 4 amide bonds. The van der Waals surface area contributed by atoms with Gasteiger partial charge >= 0.3 is 6.03 Å². The van der Waals surface area contributed by atoms with E-state index in [4.69, 9.17) is 27.9 Å². The molecule has 1 saturated heterocycles. The Morgan fingerprint density at radius 3 is 2.25 bits per heavy atom. The Hall–Kier alpha value is -3.61. The molecule has 0 atom stereocenters. The van der Waals surface area contributed by atoms with Gasteiger partial charge in [0, 0.05) is 16.1 Å². The minimum atomic E-state index is -0.867. The van der Waals surface area contributed by atoms with E-state index in [1.165, 1.54) is 12.1 Å². The van der Waals surface area contributed by atoms with Crippen LogP contribution in [0.25, 0.3) is 6.08 Å². The third-order valence-electron chi connectivity index (χ3n) is 4.75. The molecular formula is C24H16Cl2N2O4. The summed E-state index contributed by atoms with van der Waals surface area (Å²) in [7, 11) is 0. The SMILES string of the molecule is O=C1NC(=O)N(c2ccccc2Cl)C(=O)/C1=C/c1ccccc1OCc1ccccc1Cl. The Balaban J connectivity index is 1.66. The zero-order valence-electron chi connectivity index (χ0n) is 16.5. The lowest BCUT2D eigenvalue weighted by Gasteiger charge is -2.27. The van der Waals surface area contributed by atoms with Crippen LogP contribution in [0.5, 0.6) is 5.75 Å². The molecule has 8 heteroatoms. The molecule has 0 unspecified atom stereocenters. The van der Waals surface area contributed by atoms with Crippen molar-refractivity contribution >= 4 is 52.8 Å². The summed E-state index contributed by atoms with van der Waals surface area (Å²) in [5.41, 5.74) is 1.24. The average molecular weight is 467 g/mol. The van der Waals surface area contributed by atoms with Crippen molar-refractivity contribution in [3.63, 3.8) is 0 Å². The predicted molar refractivity (Wildman–Crippen MR) is 123 cm³/mol. The van der Waals surface area contributed by atoms with Gasteiger partial charge in [0.15, 0.2) is 0 Å². The van der Waals surface area contributed by atoms with E-state index >= 15 is 0 Å². The molecule has 0 saturated carbocycles. The third kappa shape index (κ3) is 4.37. The number of urea groups is 1. The number of anilines is 1. The van der Waals surface area contributed by atoms with Crippen molar-refractivity contribution in [3.05, 3.63) is 99.5 Å². The summed E-state index contributed by atoms with van der Waals surface area (Å²) in [6.07, 6.45) is 1.38. The summed E-state index contributed by atoms with van der Waals surface area (Å²) in [5, 5.41) is 2.95. The van der Waals surface area contributed by atoms with E-state index in [-0.39, 0.29) is 22.9 Å². The van der Waals surface area contributed by atoms with E-state index in [0.717, 1.165) is 10.5 Å². The molecule has 0 bridgehead atoms. The van der Waals surface area contributed by atoms with Gasteiger partial charge in [-0.05, 0) is 30.3 Å². The number of imide groups is 2. The van der Waals surface area contributed by atoms with E-state index < -0.39 is 17.8 Å². The summed E-state index contributed by atoms with van der Waals surface area (Å²) in [6, 6.07) is 19.7. The number of carbonyl (C=O) groups excluding carboxylic acids is 3. The number of benzene rings is 3. The number of nitrogens with one attached hydrogen (secondary N) is 1. The highest BCUT2D eigenvalue weighted by atomic mass is 35.5. The van der Waals surface area contributed by atoms with E-state index in [0.29, 0.717) is 16.3 Å². The van der Waals surface area contributed by atoms with Crippen LogP contribution in [0.3, 0.4) is 0 Å². The average Bonchev–Trinajstić information content (AvgIpc) is 2.78. The number of rotatable bonds is 5. The Morgan fingerprint density at radius 2 is 1.50 bits per heavy atom. The Kier molecular flexibility index (Phi) is 6.25. The van der Waals surface area contributed by atoms with Gasteiger partial charge in [-0.2, -0.15) is 0 Å². The molecule has 1 fully saturated rings. The Bertz CT molecular complexity index is 1260. The number of hydrogen-bond donors (Lipinski definition) is 1. The Morgan fingerprint density at radius 1 is 0.844 bits per heavy atom. The highest BCUT2D eigenvalue weighted by molar-refractivity contribution is 6.42. The number of ether oxygens (including phenoxy) is 1. The number of barbiturate groups is 1. The number of halogens is 2. The maximum atomic E-state index is 13.1. The number of hydrogen-bond acceptors (Lipinski definition) is 4. The molecule has 1 heterocycles. The quantitative estimate of drug-likeness (QED) is 0.412. The highest BCUT2D eigenvalue weighted by Gasteiger charge is 2.37. The summed E-state index contributed by atoms with van der Waals surface area (Å²) in [5.74, 6) is -1.14. The van der Waals surface area contributed by atoms with Crippen molar-refractivity contribution in [2.45, 2.75) is 6.61 Å². The number of nitrogens with zero attached hydrogens (tertiary/aromatic N) is 1. The van der Waals surface area contributed by atoms with Gasteiger partial charge in [0.2, 0.25) is 0 Å². The van der Waals surface area contributed by atoms with Gasteiger partial charge in [0.05, 0.1) is 10.7 Å². The minimum Gasteiger partial charge on any atom is -0.488 e. The van der Waals surface area contributed by atoms with Crippen molar-refractivity contribution in [2.75, 3.05) is 4.90 Å². The first-order valence-electron chi connectivity index (χ1n) is 9.57. The molecule has 0 radical (unpaired) electrons.